The molecule has 0 aromatic heterocycles. The summed E-state index contributed by atoms with van der Waals surface area (Å²) in [5.41, 5.74) is 0.378. The molecule has 1 aromatic rings. The molecule has 6 heteroatoms. The van der Waals surface area contributed by atoms with Crippen LogP contribution in [0.2, 0.25) is 0 Å². The van der Waals surface area contributed by atoms with Crippen LogP contribution in [-0.2, 0) is 9.59 Å². The Bertz CT molecular complexity index is 531. The van der Waals surface area contributed by atoms with E-state index in [9.17, 15) is 19.1 Å². The summed E-state index contributed by atoms with van der Waals surface area (Å²) in [5.74, 6) is -2.36. The van der Waals surface area contributed by atoms with Crippen LogP contribution in [0.1, 0.15) is 18.0 Å². The molecular weight excluding hydrogens is 253 g/mol. The van der Waals surface area contributed by atoms with Crippen LogP contribution in [0.4, 0.5) is 4.39 Å². The van der Waals surface area contributed by atoms with E-state index in [4.69, 9.17) is 4.74 Å². The van der Waals surface area contributed by atoms with Gasteiger partial charge >= 0.3 is 5.97 Å². The molecule has 1 saturated heterocycles. The molecule has 0 saturated carbocycles. The van der Waals surface area contributed by atoms with Gasteiger partial charge in [0.2, 0.25) is 5.91 Å². The molecule has 1 heterocycles. The molecule has 19 heavy (non-hydrogen) atoms. The number of benzene rings is 1. The van der Waals surface area contributed by atoms with Gasteiger partial charge in [0.15, 0.2) is 0 Å². The first-order valence-corrected chi connectivity index (χ1v) is 5.77. The quantitative estimate of drug-likeness (QED) is 0.899. The number of amides is 1. The summed E-state index contributed by atoms with van der Waals surface area (Å²) in [6.45, 7) is 0. The molecule has 102 valence electrons. The predicted octanol–water partition coefficient (Wildman–Crippen LogP) is 1.44. The predicted molar refractivity (Wildman–Crippen MR) is 64.2 cm³/mol. The third-order valence-corrected chi connectivity index (χ3v) is 3.41. The maximum Gasteiger partial charge on any atom is 0.309 e. The van der Waals surface area contributed by atoms with Crippen LogP contribution in [-0.4, -0.2) is 36.0 Å². The average Bonchev–Trinajstić information content (AvgIpc) is 2.66. The highest BCUT2D eigenvalue weighted by atomic mass is 19.1. The molecule has 2 atom stereocenters. The molecule has 0 bridgehead atoms. The van der Waals surface area contributed by atoms with E-state index >= 15 is 0 Å². The number of hydrogen-bond donors (Lipinski definition) is 1. The van der Waals surface area contributed by atoms with Crippen LogP contribution < -0.4 is 4.74 Å². The van der Waals surface area contributed by atoms with Crippen LogP contribution >= 0.6 is 0 Å². The van der Waals surface area contributed by atoms with Crippen molar-refractivity contribution in [3.63, 3.8) is 0 Å². The van der Waals surface area contributed by atoms with Crippen molar-refractivity contribution in [3.05, 3.63) is 29.6 Å². The van der Waals surface area contributed by atoms with E-state index in [2.05, 4.69) is 0 Å². The summed E-state index contributed by atoms with van der Waals surface area (Å²) in [6, 6.07) is 3.17. The second-order valence-electron chi connectivity index (χ2n) is 4.48. The molecule has 2 rings (SSSR count). The molecule has 0 radical (unpaired) electrons. The third-order valence-electron chi connectivity index (χ3n) is 3.41. The third kappa shape index (κ3) is 2.25. The van der Waals surface area contributed by atoms with E-state index in [1.807, 2.05) is 0 Å². The summed E-state index contributed by atoms with van der Waals surface area (Å²) in [5, 5.41) is 9.20. The standard InChI is InChI=1S/C13H14FNO4/c1-15-11(16)6-9(13(17)18)12(15)8-5-7(14)3-4-10(8)19-2/h3-5,9,12H,6H2,1-2H3,(H,17,18). The van der Waals surface area contributed by atoms with Gasteiger partial charge in [0.05, 0.1) is 19.1 Å². The van der Waals surface area contributed by atoms with Gasteiger partial charge in [-0.1, -0.05) is 0 Å². The van der Waals surface area contributed by atoms with Crippen molar-refractivity contribution in [1.29, 1.82) is 0 Å². The molecule has 1 N–H and O–H groups in total. The normalized spacial score (nSPS) is 22.7. The monoisotopic (exact) mass is 267 g/mol. The molecule has 1 amide bonds. The minimum Gasteiger partial charge on any atom is -0.496 e. The lowest BCUT2D eigenvalue weighted by Gasteiger charge is -2.25. The zero-order chi connectivity index (χ0) is 14.2. The van der Waals surface area contributed by atoms with Crippen LogP contribution in [0.5, 0.6) is 5.75 Å². The van der Waals surface area contributed by atoms with Gasteiger partial charge in [0.25, 0.3) is 0 Å². The van der Waals surface area contributed by atoms with Crippen molar-refractivity contribution in [2.45, 2.75) is 12.5 Å². The molecule has 1 aliphatic rings. The molecule has 1 aromatic carbocycles. The van der Waals surface area contributed by atoms with Gasteiger partial charge in [-0.15, -0.1) is 0 Å². The lowest BCUT2D eigenvalue weighted by molar-refractivity contribution is -0.142. The Hall–Kier alpha value is -2.11. The zero-order valence-electron chi connectivity index (χ0n) is 10.6. The fourth-order valence-corrected chi connectivity index (χ4v) is 2.45. The summed E-state index contributed by atoms with van der Waals surface area (Å²) in [6.07, 6.45) is -0.0871. The van der Waals surface area contributed by atoms with Gasteiger partial charge in [-0.3, -0.25) is 9.59 Å². The van der Waals surface area contributed by atoms with Crippen LogP contribution in [0, 0.1) is 11.7 Å². The van der Waals surface area contributed by atoms with Crippen molar-refractivity contribution in [2.24, 2.45) is 5.92 Å². The SMILES string of the molecule is COc1ccc(F)cc1C1C(C(=O)O)CC(=O)N1C. The molecule has 5 nitrogen and oxygen atoms in total. The summed E-state index contributed by atoms with van der Waals surface area (Å²) in [7, 11) is 2.93. The maximum absolute atomic E-state index is 13.4. The number of likely N-dealkylation sites (tertiary alicyclic amines) is 1. The first-order valence-electron chi connectivity index (χ1n) is 5.77. The van der Waals surface area contributed by atoms with E-state index in [0.29, 0.717) is 11.3 Å². The zero-order valence-corrected chi connectivity index (χ0v) is 10.6. The van der Waals surface area contributed by atoms with E-state index < -0.39 is 23.7 Å². The topological polar surface area (TPSA) is 66.8 Å². The number of ether oxygens (including phenoxy) is 1. The van der Waals surface area contributed by atoms with E-state index in [-0.39, 0.29) is 12.3 Å². The van der Waals surface area contributed by atoms with Crippen molar-refractivity contribution >= 4 is 11.9 Å². The Morgan fingerprint density at radius 2 is 2.21 bits per heavy atom. The Morgan fingerprint density at radius 1 is 1.53 bits per heavy atom. The van der Waals surface area contributed by atoms with Crippen LogP contribution in [0.25, 0.3) is 0 Å². The lowest BCUT2D eigenvalue weighted by atomic mass is 9.93. The highest BCUT2D eigenvalue weighted by Crippen LogP contribution is 2.41. The number of methoxy groups -OCH3 is 1. The van der Waals surface area contributed by atoms with Crippen LogP contribution in [0.15, 0.2) is 18.2 Å². The smallest absolute Gasteiger partial charge is 0.309 e. The number of carboxylic acid groups (broad SMARTS) is 1. The Morgan fingerprint density at radius 3 is 2.79 bits per heavy atom. The van der Waals surface area contributed by atoms with E-state index in [1.165, 1.54) is 37.3 Å². The lowest BCUT2D eigenvalue weighted by Crippen LogP contribution is -2.27. The minimum atomic E-state index is -1.07. The number of carbonyl (C=O) groups excluding carboxylic acids is 1. The van der Waals surface area contributed by atoms with Gasteiger partial charge in [0, 0.05) is 19.0 Å². The summed E-state index contributed by atoms with van der Waals surface area (Å²) < 4.78 is 18.5. The molecule has 0 aliphatic carbocycles. The fraction of sp³-hybridized carbons (Fsp3) is 0.385. The summed E-state index contributed by atoms with van der Waals surface area (Å²) in [4.78, 5) is 24.3. The Labute approximate surface area is 109 Å². The second-order valence-corrected chi connectivity index (χ2v) is 4.48. The molecule has 0 spiro atoms. The van der Waals surface area contributed by atoms with Crippen molar-refractivity contribution in [3.8, 4) is 5.75 Å². The van der Waals surface area contributed by atoms with E-state index in [0.717, 1.165) is 0 Å². The maximum atomic E-state index is 13.4. The number of hydrogen-bond acceptors (Lipinski definition) is 3. The number of rotatable bonds is 3. The van der Waals surface area contributed by atoms with Gasteiger partial charge in [0.1, 0.15) is 11.6 Å². The first kappa shape index (κ1) is 13.3. The van der Waals surface area contributed by atoms with Gasteiger partial charge < -0.3 is 14.7 Å². The van der Waals surface area contributed by atoms with Gasteiger partial charge in [-0.05, 0) is 18.2 Å². The number of nitrogens with zero attached hydrogens (tertiary/aromatic N) is 1. The second kappa shape index (κ2) is 4.87. The molecule has 2 unspecified atom stereocenters. The first-order chi connectivity index (χ1) is 8.95. The van der Waals surface area contributed by atoms with Crippen molar-refractivity contribution in [1.82, 2.24) is 4.90 Å². The minimum absolute atomic E-state index is 0.0871. The fourth-order valence-electron chi connectivity index (χ4n) is 2.45. The highest BCUT2D eigenvalue weighted by molar-refractivity contribution is 5.87. The van der Waals surface area contributed by atoms with E-state index in [1.54, 1.807) is 0 Å². The van der Waals surface area contributed by atoms with Crippen LogP contribution in [0.3, 0.4) is 0 Å². The highest BCUT2D eigenvalue weighted by Gasteiger charge is 2.44. The molecule has 1 aliphatic heterocycles. The molecule has 1 fully saturated rings. The van der Waals surface area contributed by atoms with Gasteiger partial charge in [-0.25, -0.2) is 4.39 Å². The summed E-state index contributed by atoms with van der Waals surface area (Å²) >= 11 is 0. The molecular formula is C13H14FNO4. The number of aliphatic carboxylic acids is 1. The number of halogens is 1. The number of carbonyl (C=O) groups is 2. The largest absolute Gasteiger partial charge is 0.496 e. The van der Waals surface area contributed by atoms with Gasteiger partial charge in [-0.2, -0.15) is 0 Å². The number of carboxylic acids is 1. The van der Waals surface area contributed by atoms with Crippen molar-refractivity contribution < 1.29 is 23.8 Å². The average molecular weight is 267 g/mol. The van der Waals surface area contributed by atoms with Crippen molar-refractivity contribution in [2.75, 3.05) is 14.2 Å². The Kier molecular flexibility index (Phi) is 3.42. The Balaban J connectivity index is 2.51.